The predicted octanol–water partition coefficient (Wildman–Crippen LogP) is 5.19. The lowest BCUT2D eigenvalue weighted by atomic mass is 10.1. The van der Waals surface area contributed by atoms with Crippen LogP contribution in [-0.2, 0) is 0 Å². The summed E-state index contributed by atoms with van der Waals surface area (Å²) in [6.07, 6.45) is 4.85. The highest BCUT2D eigenvalue weighted by molar-refractivity contribution is 14.1. The van der Waals surface area contributed by atoms with Gasteiger partial charge < -0.3 is 9.55 Å². The molecule has 2 aromatic rings. The van der Waals surface area contributed by atoms with Crippen LogP contribution in [0.3, 0.4) is 0 Å². The standard InChI is InChI=1S/C14H16FIN2S/c1-2-9(5-8-3-4-8)18-13-6-10(15)11(16)7-12(13)17-14(18)19/h6-9H,2-5H2,1H3,(H,17,19). The summed E-state index contributed by atoms with van der Waals surface area (Å²) < 4.78 is 17.3. The molecule has 2 nitrogen and oxygen atoms in total. The summed E-state index contributed by atoms with van der Waals surface area (Å²) in [7, 11) is 0. The molecule has 0 saturated heterocycles. The maximum atomic E-state index is 13.8. The van der Waals surface area contributed by atoms with Crippen molar-refractivity contribution < 1.29 is 4.39 Å². The van der Waals surface area contributed by atoms with Crippen LogP contribution in [0.2, 0.25) is 0 Å². The number of benzene rings is 1. The maximum Gasteiger partial charge on any atom is 0.178 e. The Bertz CT molecular complexity index is 672. The lowest BCUT2D eigenvalue weighted by Gasteiger charge is -2.17. The highest BCUT2D eigenvalue weighted by atomic mass is 127. The molecule has 0 bridgehead atoms. The van der Waals surface area contributed by atoms with Crippen LogP contribution in [0.4, 0.5) is 4.39 Å². The fraction of sp³-hybridized carbons (Fsp3) is 0.500. The van der Waals surface area contributed by atoms with Gasteiger partial charge in [0.05, 0.1) is 14.6 Å². The minimum atomic E-state index is -0.169. The van der Waals surface area contributed by atoms with E-state index in [1.165, 1.54) is 12.8 Å². The van der Waals surface area contributed by atoms with E-state index in [-0.39, 0.29) is 5.82 Å². The van der Waals surface area contributed by atoms with Crippen LogP contribution in [0, 0.1) is 20.1 Å². The molecule has 1 fully saturated rings. The van der Waals surface area contributed by atoms with Crippen molar-refractivity contribution in [3.8, 4) is 0 Å². The van der Waals surface area contributed by atoms with E-state index in [0.29, 0.717) is 14.4 Å². The summed E-state index contributed by atoms with van der Waals surface area (Å²) >= 11 is 7.45. The van der Waals surface area contributed by atoms with E-state index < -0.39 is 0 Å². The molecule has 1 aliphatic carbocycles. The van der Waals surface area contributed by atoms with Crippen LogP contribution in [0.1, 0.15) is 38.6 Å². The number of aromatic nitrogens is 2. The fourth-order valence-electron chi connectivity index (χ4n) is 2.68. The molecule has 1 atom stereocenters. The molecule has 1 aliphatic rings. The minimum Gasteiger partial charge on any atom is -0.331 e. The van der Waals surface area contributed by atoms with Crippen molar-refractivity contribution in [1.82, 2.24) is 9.55 Å². The Hall–Kier alpha value is -0.430. The van der Waals surface area contributed by atoms with Crippen molar-refractivity contribution in [1.29, 1.82) is 0 Å². The van der Waals surface area contributed by atoms with Crippen molar-refractivity contribution in [3.63, 3.8) is 0 Å². The summed E-state index contributed by atoms with van der Waals surface area (Å²) in [4.78, 5) is 3.21. The number of imidazole rings is 1. The molecule has 1 saturated carbocycles. The van der Waals surface area contributed by atoms with Crippen LogP contribution in [0.15, 0.2) is 12.1 Å². The van der Waals surface area contributed by atoms with Crippen LogP contribution in [0.25, 0.3) is 11.0 Å². The number of rotatable bonds is 4. The molecule has 102 valence electrons. The third-order valence-electron chi connectivity index (χ3n) is 3.90. The number of H-pyrrole nitrogens is 1. The van der Waals surface area contributed by atoms with Gasteiger partial charge in [-0.2, -0.15) is 0 Å². The SMILES string of the molecule is CCC(CC1CC1)n1c(=S)[nH]c2cc(I)c(F)cc21. The Morgan fingerprint density at radius 3 is 2.89 bits per heavy atom. The molecule has 3 rings (SSSR count). The third-order valence-corrected chi connectivity index (χ3v) is 5.02. The molecule has 1 aromatic carbocycles. The van der Waals surface area contributed by atoms with Gasteiger partial charge in [0.25, 0.3) is 0 Å². The second-order valence-electron chi connectivity index (χ2n) is 5.32. The van der Waals surface area contributed by atoms with Gasteiger partial charge in [-0.15, -0.1) is 0 Å². The Morgan fingerprint density at radius 2 is 2.26 bits per heavy atom. The number of nitrogens with zero attached hydrogens (tertiary/aromatic N) is 1. The first-order chi connectivity index (χ1) is 9.10. The van der Waals surface area contributed by atoms with Gasteiger partial charge in [0, 0.05) is 12.1 Å². The van der Waals surface area contributed by atoms with Crippen molar-refractivity contribution in [2.45, 2.75) is 38.6 Å². The Labute approximate surface area is 130 Å². The molecule has 1 aromatic heterocycles. The first kappa shape index (κ1) is 13.5. The van der Waals surface area contributed by atoms with E-state index >= 15 is 0 Å². The lowest BCUT2D eigenvalue weighted by Crippen LogP contribution is -2.09. The normalized spacial score (nSPS) is 17.0. The van der Waals surface area contributed by atoms with E-state index in [0.717, 1.165) is 29.8 Å². The predicted molar refractivity (Wildman–Crippen MR) is 86.5 cm³/mol. The molecule has 0 spiro atoms. The Morgan fingerprint density at radius 1 is 1.53 bits per heavy atom. The van der Waals surface area contributed by atoms with Crippen molar-refractivity contribution in [2.75, 3.05) is 0 Å². The lowest BCUT2D eigenvalue weighted by molar-refractivity contribution is 0.433. The number of aromatic amines is 1. The zero-order valence-corrected chi connectivity index (χ0v) is 13.7. The second-order valence-corrected chi connectivity index (χ2v) is 6.87. The summed E-state index contributed by atoms with van der Waals surface area (Å²) in [6.45, 7) is 2.18. The first-order valence-electron chi connectivity index (χ1n) is 6.69. The second kappa shape index (κ2) is 5.16. The first-order valence-corrected chi connectivity index (χ1v) is 8.18. The van der Waals surface area contributed by atoms with Crippen molar-refractivity contribution >= 4 is 45.8 Å². The monoisotopic (exact) mass is 390 g/mol. The topological polar surface area (TPSA) is 20.7 Å². The number of nitrogens with one attached hydrogen (secondary N) is 1. The summed E-state index contributed by atoms with van der Waals surface area (Å²) in [5, 5.41) is 0. The molecular weight excluding hydrogens is 374 g/mol. The Kier molecular flexibility index (Phi) is 3.68. The van der Waals surface area contributed by atoms with Gasteiger partial charge in [0.2, 0.25) is 0 Å². The van der Waals surface area contributed by atoms with Crippen LogP contribution < -0.4 is 0 Å². The number of halogens is 2. The average molecular weight is 390 g/mol. The molecular formula is C14H16FIN2S. The molecule has 1 unspecified atom stereocenters. The van der Waals surface area contributed by atoms with Crippen LogP contribution in [0.5, 0.6) is 0 Å². The number of hydrogen-bond donors (Lipinski definition) is 1. The van der Waals surface area contributed by atoms with Gasteiger partial charge in [-0.05, 0) is 59.6 Å². The van der Waals surface area contributed by atoms with Gasteiger partial charge in [0.15, 0.2) is 4.77 Å². The minimum absolute atomic E-state index is 0.169. The van der Waals surface area contributed by atoms with E-state index in [2.05, 4.69) is 16.5 Å². The molecule has 5 heteroatoms. The molecule has 0 amide bonds. The summed E-state index contributed by atoms with van der Waals surface area (Å²) in [5.74, 6) is 0.669. The van der Waals surface area contributed by atoms with Crippen molar-refractivity contribution in [3.05, 3.63) is 26.3 Å². The van der Waals surface area contributed by atoms with Crippen LogP contribution >= 0.6 is 34.8 Å². The van der Waals surface area contributed by atoms with Gasteiger partial charge in [-0.1, -0.05) is 19.8 Å². The van der Waals surface area contributed by atoms with E-state index in [1.54, 1.807) is 6.07 Å². The summed E-state index contributed by atoms with van der Waals surface area (Å²) in [5.41, 5.74) is 1.83. The summed E-state index contributed by atoms with van der Waals surface area (Å²) in [6, 6.07) is 3.83. The van der Waals surface area contributed by atoms with E-state index in [1.807, 2.05) is 28.7 Å². The molecule has 19 heavy (non-hydrogen) atoms. The molecule has 0 radical (unpaired) electrons. The van der Waals surface area contributed by atoms with Crippen molar-refractivity contribution in [2.24, 2.45) is 5.92 Å². The van der Waals surface area contributed by atoms with Gasteiger partial charge in [-0.25, -0.2) is 4.39 Å². The highest BCUT2D eigenvalue weighted by Crippen LogP contribution is 2.39. The third kappa shape index (κ3) is 2.59. The average Bonchev–Trinajstić information content (AvgIpc) is 3.13. The largest absolute Gasteiger partial charge is 0.331 e. The number of hydrogen-bond acceptors (Lipinski definition) is 1. The smallest absolute Gasteiger partial charge is 0.178 e. The van der Waals surface area contributed by atoms with Crippen LogP contribution in [-0.4, -0.2) is 9.55 Å². The highest BCUT2D eigenvalue weighted by Gasteiger charge is 2.26. The number of fused-ring (bicyclic) bond motifs is 1. The maximum absolute atomic E-state index is 13.8. The van der Waals surface area contributed by atoms with Gasteiger partial charge in [-0.3, -0.25) is 0 Å². The zero-order valence-electron chi connectivity index (χ0n) is 10.7. The van der Waals surface area contributed by atoms with Gasteiger partial charge >= 0.3 is 0 Å². The molecule has 1 heterocycles. The van der Waals surface area contributed by atoms with E-state index in [4.69, 9.17) is 12.2 Å². The zero-order chi connectivity index (χ0) is 13.6. The molecule has 0 aliphatic heterocycles. The molecule has 1 N–H and O–H groups in total. The quantitative estimate of drug-likeness (QED) is 0.563. The van der Waals surface area contributed by atoms with E-state index in [9.17, 15) is 4.39 Å². The Balaban J connectivity index is 2.12. The van der Waals surface area contributed by atoms with Gasteiger partial charge in [0.1, 0.15) is 5.82 Å². The fourth-order valence-corrected chi connectivity index (χ4v) is 3.50.